The SMILES string of the molecule is CC/C(C)=C(/NC(CO)CS)C1CCCC1O. The van der Waals surface area contributed by atoms with Crippen molar-refractivity contribution < 1.29 is 10.2 Å². The highest BCUT2D eigenvalue weighted by molar-refractivity contribution is 7.80. The third kappa shape index (κ3) is 3.90. The van der Waals surface area contributed by atoms with E-state index in [1.165, 1.54) is 5.57 Å². The molecule has 0 amide bonds. The van der Waals surface area contributed by atoms with Crippen molar-refractivity contribution in [3.8, 4) is 0 Å². The summed E-state index contributed by atoms with van der Waals surface area (Å²) in [5, 5.41) is 22.6. The van der Waals surface area contributed by atoms with E-state index in [1.807, 2.05) is 0 Å². The molecule has 1 fully saturated rings. The molecule has 1 aliphatic rings. The molecule has 4 heteroatoms. The van der Waals surface area contributed by atoms with Gasteiger partial charge >= 0.3 is 0 Å². The van der Waals surface area contributed by atoms with Gasteiger partial charge in [0.2, 0.25) is 0 Å². The molecule has 0 bridgehead atoms. The Hall–Kier alpha value is -0.190. The second-order valence-corrected chi connectivity index (χ2v) is 5.22. The van der Waals surface area contributed by atoms with E-state index in [2.05, 4.69) is 31.8 Å². The smallest absolute Gasteiger partial charge is 0.0640 e. The van der Waals surface area contributed by atoms with E-state index in [-0.39, 0.29) is 24.7 Å². The van der Waals surface area contributed by atoms with Gasteiger partial charge in [-0.05, 0) is 26.2 Å². The predicted molar refractivity (Wildman–Crippen MR) is 74.2 cm³/mol. The second-order valence-electron chi connectivity index (χ2n) is 4.86. The van der Waals surface area contributed by atoms with Crippen molar-refractivity contribution in [2.75, 3.05) is 12.4 Å². The monoisotopic (exact) mass is 259 g/mol. The van der Waals surface area contributed by atoms with Crippen LogP contribution >= 0.6 is 12.6 Å². The standard InChI is InChI=1S/C13H25NO2S/c1-3-9(2)13(14-10(7-15)8-17)11-5-4-6-12(11)16/h10-12,14-17H,3-8H2,1-2H3/b13-9+. The molecule has 0 saturated heterocycles. The molecule has 0 aliphatic heterocycles. The summed E-state index contributed by atoms with van der Waals surface area (Å²) >= 11 is 4.23. The molecule has 0 aromatic heterocycles. The van der Waals surface area contributed by atoms with Crippen LogP contribution in [-0.2, 0) is 0 Å². The van der Waals surface area contributed by atoms with Gasteiger partial charge in [-0.1, -0.05) is 18.9 Å². The zero-order valence-corrected chi connectivity index (χ0v) is 11.7. The summed E-state index contributed by atoms with van der Waals surface area (Å²) < 4.78 is 0. The van der Waals surface area contributed by atoms with E-state index in [0.717, 1.165) is 31.4 Å². The van der Waals surface area contributed by atoms with E-state index in [1.54, 1.807) is 0 Å². The summed E-state index contributed by atoms with van der Waals surface area (Å²) in [6.45, 7) is 4.29. The highest BCUT2D eigenvalue weighted by Gasteiger charge is 2.30. The number of allylic oxidation sites excluding steroid dienone is 1. The van der Waals surface area contributed by atoms with Gasteiger partial charge in [-0.2, -0.15) is 12.6 Å². The molecule has 1 aliphatic carbocycles. The molecule has 3 unspecified atom stereocenters. The maximum absolute atomic E-state index is 10.0. The fourth-order valence-electron chi connectivity index (χ4n) is 2.38. The molecular formula is C13H25NO2S. The topological polar surface area (TPSA) is 52.5 Å². The molecule has 0 aromatic carbocycles. The molecule has 3 atom stereocenters. The molecular weight excluding hydrogens is 234 g/mol. The molecule has 3 N–H and O–H groups in total. The Morgan fingerprint density at radius 1 is 1.47 bits per heavy atom. The van der Waals surface area contributed by atoms with Crippen LogP contribution in [0.15, 0.2) is 11.3 Å². The lowest BCUT2D eigenvalue weighted by molar-refractivity contribution is 0.142. The highest BCUT2D eigenvalue weighted by atomic mass is 32.1. The van der Waals surface area contributed by atoms with Crippen molar-refractivity contribution in [1.29, 1.82) is 0 Å². The largest absolute Gasteiger partial charge is 0.394 e. The van der Waals surface area contributed by atoms with Gasteiger partial charge in [0.25, 0.3) is 0 Å². The number of thiol groups is 1. The van der Waals surface area contributed by atoms with Gasteiger partial charge in [0, 0.05) is 17.4 Å². The Morgan fingerprint density at radius 2 is 2.18 bits per heavy atom. The molecule has 100 valence electrons. The van der Waals surface area contributed by atoms with Gasteiger partial charge in [-0.25, -0.2) is 0 Å². The molecule has 0 spiro atoms. The number of aliphatic hydroxyl groups is 2. The lowest BCUT2D eigenvalue weighted by Crippen LogP contribution is -2.38. The van der Waals surface area contributed by atoms with Gasteiger partial charge in [0.1, 0.15) is 0 Å². The summed E-state index contributed by atoms with van der Waals surface area (Å²) in [4.78, 5) is 0. The number of hydrogen-bond acceptors (Lipinski definition) is 4. The van der Waals surface area contributed by atoms with E-state index in [4.69, 9.17) is 0 Å². The summed E-state index contributed by atoms with van der Waals surface area (Å²) in [6.07, 6.45) is 3.73. The first-order valence-corrected chi connectivity index (χ1v) is 7.13. The van der Waals surface area contributed by atoms with Crippen LogP contribution in [0.4, 0.5) is 0 Å². The predicted octanol–water partition coefficient (Wildman–Crippen LogP) is 1.71. The minimum atomic E-state index is -0.238. The minimum Gasteiger partial charge on any atom is -0.394 e. The van der Waals surface area contributed by atoms with Crippen LogP contribution in [-0.4, -0.2) is 34.7 Å². The molecule has 0 aromatic rings. The van der Waals surface area contributed by atoms with E-state index in [0.29, 0.717) is 5.75 Å². The minimum absolute atomic E-state index is 0.0253. The van der Waals surface area contributed by atoms with E-state index >= 15 is 0 Å². The summed E-state index contributed by atoms with van der Waals surface area (Å²) in [5.41, 5.74) is 2.40. The van der Waals surface area contributed by atoms with Crippen molar-refractivity contribution in [1.82, 2.24) is 5.32 Å². The van der Waals surface area contributed by atoms with Crippen LogP contribution in [0.1, 0.15) is 39.5 Å². The number of rotatable bonds is 6. The molecule has 17 heavy (non-hydrogen) atoms. The van der Waals surface area contributed by atoms with Crippen LogP contribution in [0, 0.1) is 5.92 Å². The first-order chi connectivity index (χ1) is 8.13. The Labute approximate surface area is 110 Å². The van der Waals surface area contributed by atoms with E-state index in [9.17, 15) is 10.2 Å². The van der Waals surface area contributed by atoms with Gasteiger partial charge < -0.3 is 15.5 Å². The van der Waals surface area contributed by atoms with Crippen molar-refractivity contribution in [3.63, 3.8) is 0 Å². The zero-order valence-electron chi connectivity index (χ0n) is 10.8. The van der Waals surface area contributed by atoms with Crippen molar-refractivity contribution >= 4 is 12.6 Å². The maximum atomic E-state index is 10.0. The third-order valence-electron chi connectivity index (χ3n) is 3.64. The Morgan fingerprint density at radius 3 is 2.59 bits per heavy atom. The van der Waals surface area contributed by atoms with Crippen molar-refractivity contribution in [2.45, 2.75) is 51.7 Å². The van der Waals surface area contributed by atoms with Gasteiger partial charge in [0.05, 0.1) is 18.8 Å². The molecule has 1 rings (SSSR count). The second kappa shape index (κ2) is 7.29. The van der Waals surface area contributed by atoms with Crippen molar-refractivity contribution in [3.05, 3.63) is 11.3 Å². The summed E-state index contributed by atoms with van der Waals surface area (Å²) in [7, 11) is 0. The van der Waals surface area contributed by atoms with Crippen LogP contribution < -0.4 is 5.32 Å². The van der Waals surface area contributed by atoms with Crippen LogP contribution in [0.5, 0.6) is 0 Å². The fraction of sp³-hybridized carbons (Fsp3) is 0.846. The lowest BCUT2D eigenvalue weighted by atomic mass is 9.96. The first kappa shape index (κ1) is 14.9. The lowest BCUT2D eigenvalue weighted by Gasteiger charge is -2.26. The number of nitrogens with one attached hydrogen (secondary N) is 1. The normalized spacial score (nSPS) is 27.8. The molecule has 3 nitrogen and oxygen atoms in total. The van der Waals surface area contributed by atoms with Crippen molar-refractivity contribution in [2.24, 2.45) is 5.92 Å². The summed E-state index contributed by atoms with van der Waals surface area (Å²) in [6, 6.07) is -0.0253. The fourth-order valence-corrected chi connectivity index (χ4v) is 2.59. The van der Waals surface area contributed by atoms with Crippen LogP contribution in [0.3, 0.4) is 0 Å². The van der Waals surface area contributed by atoms with Gasteiger partial charge in [0.15, 0.2) is 0 Å². The number of hydrogen-bond donors (Lipinski definition) is 4. The zero-order chi connectivity index (χ0) is 12.8. The number of aliphatic hydroxyl groups excluding tert-OH is 2. The summed E-state index contributed by atoms with van der Waals surface area (Å²) in [5.74, 6) is 0.809. The van der Waals surface area contributed by atoms with Crippen LogP contribution in [0.2, 0.25) is 0 Å². The maximum Gasteiger partial charge on any atom is 0.0640 e. The Kier molecular flexibility index (Phi) is 6.38. The van der Waals surface area contributed by atoms with Crippen LogP contribution in [0.25, 0.3) is 0 Å². The average molecular weight is 259 g/mol. The quantitative estimate of drug-likeness (QED) is 0.549. The molecule has 0 heterocycles. The average Bonchev–Trinajstić information content (AvgIpc) is 2.76. The van der Waals surface area contributed by atoms with Gasteiger partial charge in [-0.3, -0.25) is 0 Å². The first-order valence-electron chi connectivity index (χ1n) is 6.49. The molecule has 0 radical (unpaired) electrons. The van der Waals surface area contributed by atoms with E-state index < -0.39 is 0 Å². The highest BCUT2D eigenvalue weighted by Crippen LogP contribution is 2.32. The Balaban J connectivity index is 2.81. The van der Waals surface area contributed by atoms with Gasteiger partial charge in [-0.15, -0.1) is 0 Å². The third-order valence-corrected chi connectivity index (χ3v) is 4.08. The molecule has 1 saturated carbocycles. The Bertz CT molecular complexity index is 264.